The lowest BCUT2D eigenvalue weighted by Gasteiger charge is -2.18. The summed E-state index contributed by atoms with van der Waals surface area (Å²) in [5, 5.41) is 8.73. The van der Waals surface area contributed by atoms with E-state index in [1.54, 1.807) is 18.4 Å². The zero-order valence-corrected chi connectivity index (χ0v) is 11.7. The average molecular weight is 288 g/mol. The van der Waals surface area contributed by atoms with E-state index in [1.807, 2.05) is 17.0 Å². The van der Waals surface area contributed by atoms with Crippen LogP contribution in [0.25, 0.3) is 0 Å². The summed E-state index contributed by atoms with van der Waals surface area (Å²) in [4.78, 5) is 13.4. The van der Waals surface area contributed by atoms with Gasteiger partial charge in [0, 0.05) is 13.0 Å². The molecule has 0 aliphatic rings. The predicted octanol–water partition coefficient (Wildman–Crippen LogP) is 2.58. The molecule has 0 saturated heterocycles. The first-order chi connectivity index (χ1) is 10.2. The molecule has 2 aromatic heterocycles. The molecule has 0 bridgehead atoms. The van der Waals surface area contributed by atoms with E-state index in [2.05, 4.69) is 10.8 Å². The van der Waals surface area contributed by atoms with Gasteiger partial charge in [-0.15, -0.1) is 0 Å². The molecular formula is C15H16N2O4. The second-order valence-electron chi connectivity index (χ2n) is 4.46. The highest BCUT2D eigenvalue weighted by molar-refractivity contribution is 5.86. The van der Waals surface area contributed by atoms with E-state index < -0.39 is 5.97 Å². The Morgan fingerprint density at radius 3 is 2.81 bits per heavy atom. The van der Waals surface area contributed by atoms with E-state index in [0.29, 0.717) is 31.8 Å². The minimum atomic E-state index is -0.504. The van der Waals surface area contributed by atoms with Crippen molar-refractivity contribution in [2.24, 2.45) is 0 Å². The van der Waals surface area contributed by atoms with Crippen LogP contribution in [0.1, 0.15) is 28.5 Å². The third-order valence-electron chi connectivity index (χ3n) is 2.93. The second-order valence-corrected chi connectivity index (χ2v) is 4.46. The van der Waals surface area contributed by atoms with E-state index in [1.165, 1.54) is 7.11 Å². The van der Waals surface area contributed by atoms with Gasteiger partial charge >= 0.3 is 5.97 Å². The molecule has 0 aliphatic heterocycles. The number of nitriles is 1. The van der Waals surface area contributed by atoms with E-state index in [0.717, 1.165) is 5.76 Å². The smallest absolute Gasteiger partial charge is 0.373 e. The van der Waals surface area contributed by atoms with Crippen molar-refractivity contribution < 1.29 is 18.4 Å². The van der Waals surface area contributed by atoms with Gasteiger partial charge in [-0.25, -0.2) is 4.79 Å². The van der Waals surface area contributed by atoms with Gasteiger partial charge in [0.25, 0.3) is 0 Å². The average Bonchev–Trinajstić information content (AvgIpc) is 3.15. The fraction of sp³-hybridized carbons (Fsp3) is 0.333. The first-order valence-corrected chi connectivity index (χ1v) is 6.51. The van der Waals surface area contributed by atoms with Crippen LogP contribution in [0.5, 0.6) is 0 Å². The van der Waals surface area contributed by atoms with Crippen LogP contribution >= 0.6 is 0 Å². The molecule has 0 fully saturated rings. The molecule has 6 heteroatoms. The van der Waals surface area contributed by atoms with Gasteiger partial charge in [-0.05, 0) is 24.3 Å². The quantitative estimate of drug-likeness (QED) is 0.728. The number of esters is 1. The van der Waals surface area contributed by atoms with Crippen molar-refractivity contribution in [1.82, 2.24) is 4.90 Å². The monoisotopic (exact) mass is 288 g/mol. The number of methoxy groups -OCH3 is 1. The molecule has 2 heterocycles. The second kappa shape index (κ2) is 7.31. The molecule has 2 aromatic rings. The molecule has 0 atom stereocenters. The van der Waals surface area contributed by atoms with Gasteiger partial charge in [0.15, 0.2) is 0 Å². The van der Waals surface area contributed by atoms with Crippen molar-refractivity contribution in [3.05, 3.63) is 47.8 Å². The zero-order valence-electron chi connectivity index (χ0n) is 11.7. The van der Waals surface area contributed by atoms with Crippen LogP contribution < -0.4 is 0 Å². The molecular weight excluding hydrogens is 272 g/mol. The van der Waals surface area contributed by atoms with Crippen molar-refractivity contribution in [1.29, 1.82) is 5.26 Å². The van der Waals surface area contributed by atoms with Gasteiger partial charge in [0.05, 0.1) is 32.5 Å². The molecule has 2 rings (SSSR count). The van der Waals surface area contributed by atoms with E-state index in [4.69, 9.17) is 14.1 Å². The molecule has 0 aromatic carbocycles. The maximum Gasteiger partial charge on any atom is 0.373 e. The van der Waals surface area contributed by atoms with Crippen LogP contribution in [-0.4, -0.2) is 24.5 Å². The van der Waals surface area contributed by atoms with Gasteiger partial charge < -0.3 is 13.6 Å². The van der Waals surface area contributed by atoms with Crippen molar-refractivity contribution in [3.63, 3.8) is 0 Å². The fourth-order valence-electron chi connectivity index (χ4n) is 1.94. The molecule has 0 saturated carbocycles. The van der Waals surface area contributed by atoms with Crippen LogP contribution in [0.15, 0.2) is 39.4 Å². The normalized spacial score (nSPS) is 10.5. The Labute approximate surface area is 122 Å². The minimum Gasteiger partial charge on any atom is -0.468 e. The Hall–Kier alpha value is -2.52. The van der Waals surface area contributed by atoms with Crippen molar-refractivity contribution in [2.45, 2.75) is 19.5 Å². The number of hydrogen-bond acceptors (Lipinski definition) is 6. The molecule has 0 amide bonds. The first-order valence-electron chi connectivity index (χ1n) is 6.51. The highest BCUT2D eigenvalue weighted by Gasteiger charge is 2.14. The first kappa shape index (κ1) is 14.9. The summed E-state index contributed by atoms with van der Waals surface area (Å²) in [6, 6.07) is 9.12. The number of ether oxygens (including phenoxy) is 1. The van der Waals surface area contributed by atoms with Crippen LogP contribution in [0, 0.1) is 11.3 Å². The van der Waals surface area contributed by atoms with Crippen LogP contribution in [0.2, 0.25) is 0 Å². The number of furan rings is 2. The summed E-state index contributed by atoms with van der Waals surface area (Å²) in [6.45, 7) is 1.65. The maximum absolute atomic E-state index is 11.4. The molecule has 0 aliphatic carbocycles. The van der Waals surface area contributed by atoms with E-state index in [9.17, 15) is 4.79 Å². The number of hydrogen-bond donors (Lipinski definition) is 0. The molecule has 0 radical (unpaired) electrons. The topological polar surface area (TPSA) is 79.6 Å². The number of carbonyl (C=O) groups excluding carboxylic acids is 1. The van der Waals surface area contributed by atoms with Crippen molar-refractivity contribution >= 4 is 5.97 Å². The van der Waals surface area contributed by atoms with Crippen molar-refractivity contribution in [3.8, 4) is 6.07 Å². The summed E-state index contributed by atoms with van der Waals surface area (Å²) in [5.41, 5.74) is 0. The summed E-state index contributed by atoms with van der Waals surface area (Å²) >= 11 is 0. The SMILES string of the molecule is COC(=O)c1ccc(CN(CCC#N)Cc2ccco2)o1. The van der Waals surface area contributed by atoms with Crippen LogP contribution in [0.3, 0.4) is 0 Å². The Kier molecular flexibility index (Phi) is 5.18. The molecule has 110 valence electrons. The van der Waals surface area contributed by atoms with Gasteiger partial charge in [-0.2, -0.15) is 5.26 Å². The van der Waals surface area contributed by atoms with E-state index in [-0.39, 0.29) is 5.76 Å². The molecule has 21 heavy (non-hydrogen) atoms. The molecule has 6 nitrogen and oxygen atoms in total. The zero-order chi connectivity index (χ0) is 15.1. The maximum atomic E-state index is 11.4. The number of nitrogens with zero attached hydrogens (tertiary/aromatic N) is 2. The van der Waals surface area contributed by atoms with Crippen molar-refractivity contribution in [2.75, 3.05) is 13.7 Å². The van der Waals surface area contributed by atoms with Gasteiger partial charge in [0.1, 0.15) is 11.5 Å². The van der Waals surface area contributed by atoms with Gasteiger partial charge in [0.2, 0.25) is 5.76 Å². The van der Waals surface area contributed by atoms with E-state index >= 15 is 0 Å². The minimum absolute atomic E-state index is 0.172. The summed E-state index contributed by atoms with van der Waals surface area (Å²) < 4.78 is 15.3. The Morgan fingerprint density at radius 2 is 2.14 bits per heavy atom. The Morgan fingerprint density at radius 1 is 1.33 bits per heavy atom. The van der Waals surface area contributed by atoms with Gasteiger partial charge in [-0.3, -0.25) is 4.90 Å². The lowest BCUT2D eigenvalue weighted by atomic mass is 10.3. The van der Waals surface area contributed by atoms with Crippen LogP contribution in [0.4, 0.5) is 0 Å². The summed E-state index contributed by atoms with van der Waals surface area (Å²) in [7, 11) is 1.31. The molecule has 0 spiro atoms. The number of rotatable bonds is 7. The third kappa shape index (κ3) is 4.23. The standard InChI is InChI=1S/C15H16N2O4/c1-19-15(18)14-6-5-13(21-14)11-17(8-3-7-16)10-12-4-2-9-20-12/h2,4-6,9H,3,8,10-11H2,1H3. The highest BCUT2D eigenvalue weighted by atomic mass is 16.5. The molecule has 0 unspecified atom stereocenters. The molecule has 0 N–H and O–H groups in total. The third-order valence-corrected chi connectivity index (χ3v) is 2.93. The van der Waals surface area contributed by atoms with Gasteiger partial charge in [-0.1, -0.05) is 0 Å². The highest BCUT2D eigenvalue weighted by Crippen LogP contribution is 2.14. The van der Waals surface area contributed by atoms with Crippen LogP contribution in [-0.2, 0) is 17.8 Å². The predicted molar refractivity (Wildman–Crippen MR) is 73.1 cm³/mol. The number of carbonyl (C=O) groups is 1. The summed E-state index contributed by atoms with van der Waals surface area (Å²) in [5.74, 6) is 1.12. The largest absolute Gasteiger partial charge is 0.468 e. The lowest BCUT2D eigenvalue weighted by Crippen LogP contribution is -2.23. The fourth-order valence-corrected chi connectivity index (χ4v) is 1.94. The summed E-state index contributed by atoms with van der Waals surface area (Å²) in [6.07, 6.45) is 2.02. The Bertz CT molecular complexity index is 610. The Balaban J connectivity index is 2.02. The lowest BCUT2D eigenvalue weighted by molar-refractivity contribution is 0.0560.